The molecule has 0 unspecified atom stereocenters. The lowest BCUT2D eigenvalue weighted by Crippen LogP contribution is -2.00. The largest absolute Gasteiger partial charge is 0.330 e. The van der Waals surface area contributed by atoms with Gasteiger partial charge in [0.2, 0.25) is 0 Å². The molecule has 0 amide bonds. The van der Waals surface area contributed by atoms with E-state index in [1.807, 2.05) is 30.5 Å². The molecule has 0 aliphatic heterocycles. The van der Waals surface area contributed by atoms with Crippen LogP contribution in [-0.4, -0.2) is 16.7 Å². The monoisotopic (exact) mass is 235 g/mol. The highest BCUT2D eigenvalue weighted by Gasteiger charge is 2.06. The van der Waals surface area contributed by atoms with Gasteiger partial charge >= 0.3 is 0 Å². The van der Waals surface area contributed by atoms with Gasteiger partial charge in [-0.15, -0.1) is 0 Å². The predicted octanol–water partition coefficient (Wildman–Crippen LogP) is 2.62. The topological polar surface area (TPSA) is 54.7 Å². The van der Waals surface area contributed by atoms with Crippen LogP contribution in [0.25, 0.3) is 11.3 Å². The zero-order valence-corrected chi connectivity index (χ0v) is 9.67. The van der Waals surface area contributed by atoms with Crippen molar-refractivity contribution in [3.05, 3.63) is 41.0 Å². The van der Waals surface area contributed by atoms with Crippen molar-refractivity contribution in [1.82, 2.24) is 10.2 Å². The number of aromatic amines is 1. The average molecular weight is 236 g/mol. The van der Waals surface area contributed by atoms with Gasteiger partial charge in [-0.3, -0.25) is 5.10 Å². The van der Waals surface area contributed by atoms with E-state index in [2.05, 4.69) is 10.2 Å². The van der Waals surface area contributed by atoms with Gasteiger partial charge in [0.15, 0.2) is 0 Å². The first-order valence-electron chi connectivity index (χ1n) is 5.29. The van der Waals surface area contributed by atoms with E-state index in [1.165, 1.54) is 5.56 Å². The van der Waals surface area contributed by atoms with Gasteiger partial charge in [0.25, 0.3) is 0 Å². The van der Waals surface area contributed by atoms with Crippen LogP contribution in [0.1, 0.15) is 12.0 Å². The predicted molar refractivity (Wildman–Crippen MR) is 66.4 cm³/mol. The van der Waals surface area contributed by atoms with E-state index in [1.54, 1.807) is 0 Å². The summed E-state index contributed by atoms with van der Waals surface area (Å²) < 4.78 is 0. The first-order valence-corrected chi connectivity index (χ1v) is 5.67. The van der Waals surface area contributed by atoms with Crippen LogP contribution in [0.3, 0.4) is 0 Å². The van der Waals surface area contributed by atoms with Crippen molar-refractivity contribution in [3.63, 3.8) is 0 Å². The van der Waals surface area contributed by atoms with E-state index < -0.39 is 0 Å². The number of halogens is 1. The molecule has 0 aliphatic rings. The number of nitrogens with one attached hydrogen (secondary N) is 1. The summed E-state index contributed by atoms with van der Waals surface area (Å²) >= 11 is 5.85. The van der Waals surface area contributed by atoms with Crippen molar-refractivity contribution in [2.24, 2.45) is 5.73 Å². The van der Waals surface area contributed by atoms with Crippen molar-refractivity contribution in [3.8, 4) is 11.3 Å². The lowest BCUT2D eigenvalue weighted by Gasteiger charge is -2.02. The normalized spacial score (nSPS) is 10.6. The number of rotatable bonds is 4. The van der Waals surface area contributed by atoms with Crippen LogP contribution in [0.5, 0.6) is 0 Å². The van der Waals surface area contributed by atoms with Gasteiger partial charge in [0.05, 0.1) is 11.9 Å². The quantitative estimate of drug-likeness (QED) is 0.856. The Hall–Kier alpha value is -1.32. The molecule has 3 nitrogen and oxygen atoms in total. The van der Waals surface area contributed by atoms with Crippen molar-refractivity contribution in [2.75, 3.05) is 6.54 Å². The minimum absolute atomic E-state index is 0.700. The maximum absolute atomic E-state index is 5.85. The molecule has 1 heterocycles. The van der Waals surface area contributed by atoms with Crippen LogP contribution in [-0.2, 0) is 6.42 Å². The fourth-order valence-electron chi connectivity index (χ4n) is 1.66. The van der Waals surface area contributed by atoms with E-state index in [0.29, 0.717) is 6.54 Å². The van der Waals surface area contributed by atoms with Crippen LogP contribution in [0.15, 0.2) is 30.5 Å². The molecular weight excluding hydrogens is 222 g/mol. The Labute approximate surface area is 99.6 Å². The van der Waals surface area contributed by atoms with Crippen LogP contribution in [0.4, 0.5) is 0 Å². The number of nitrogens with two attached hydrogens (primary N) is 1. The smallest absolute Gasteiger partial charge is 0.0682 e. The second-order valence-electron chi connectivity index (χ2n) is 3.67. The fourth-order valence-corrected chi connectivity index (χ4v) is 1.79. The average Bonchev–Trinajstić information content (AvgIpc) is 2.75. The first kappa shape index (κ1) is 11.2. The van der Waals surface area contributed by atoms with Crippen LogP contribution in [0, 0.1) is 0 Å². The van der Waals surface area contributed by atoms with Gasteiger partial charge in [0.1, 0.15) is 0 Å². The lowest BCUT2D eigenvalue weighted by atomic mass is 10.0. The van der Waals surface area contributed by atoms with Crippen molar-refractivity contribution in [2.45, 2.75) is 12.8 Å². The summed E-state index contributed by atoms with van der Waals surface area (Å²) in [5.41, 5.74) is 8.87. The summed E-state index contributed by atoms with van der Waals surface area (Å²) in [4.78, 5) is 0. The molecule has 2 aromatic rings. The summed E-state index contributed by atoms with van der Waals surface area (Å²) in [5, 5.41) is 7.83. The molecule has 3 N–H and O–H groups in total. The Balaban J connectivity index is 2.26. The molecule has 0 bridgehead atoms. The number of aromatic nitrogens is 2. The third kappa shape index (κ3) is 2.43. The minimum Gasteiger partial charge on any atom is -0.330 e. The Morgan fingerprint density at radius 3 is 2.69 bits per heavy atom. The molecule has 0 spiro atoms. The molecule has 0 fully saturated rings. The zero-order valence-electron chi connectivity index (χ0n) is 8.91. The van der Waals surface area contributed by atoms with E-state index in [0.717, 1.165) is 29.1 Å². The summed E-state index contributed by atoms with van der Waals surface area (Å²) in [5.74, 6) is 0. The SMILES string of the molecule is NCCCc1cn[nH]c1-c1ccc(Cl)cc1. The summed E-state index contributed by atoms with van der Waals surface area (Å²) in [6.07, 6.45) is 3.78. The van der Waals surface area contributed by atoms with Crippen LogP contribution in [0.2, 0.25) is 5.02 Å². The van der Waals surface area contributed by atoms with E-state index >= 15 is 0 Å². The number of nitrogens with zero attached hydrogens (tertiary/aromatic N) is 1. The standard InChI is InChI=1S/C12H14ClN3/c13-11-5-3-9(4-6-11)12-10(2-1-7-14)8-15-16-12/h3-6,8H,1-2,7,14H2,(H,15,16). The Morgan fingerprint density at radius 1 is 1.25 bits per heavy atom. The number of H-pyrrole nitrogens is 1. The Bertz CT molecular complexity index is 448. The van der Waals surface area contributed by atoms with Gasteiger partial charge in [-0.25, -0.2) is 0 Å². The number of hydrogen-bond donors (Lipinski definition) is 2. The van der Waals surface area contributed by atoms with Gasteiger partial charge in [-0.05, 0) is 42.6 Å². The summed E-state index contributed by atoms with van der Waals surface area (Å²) in [6.45, 7) is 0.700. The fraction of sp³-hybridized carbons (Fsp3) is 0.250. The van der Waals surface area contributed by atoms with Crippen LogP contribution >= 0.6 is 11.6 Å². The maximum atomic E-state index is 5.85. The number of aryl methyl sites for hydroxylation is 1. The molecule has 1 aromatic carbocycles. The molecule has 0 aliphatic carbocycles. The van der Waals surface area contributed by atoms with E-state index in [4.69, 9.17) is 17.3 Å². The Morgan fingerprint density at radius 2 is 2.00 bits per heavy atom. The van der Waals surface area contributed by atoms with E-state index in [9.17, 15) is 0 Å². The van der Waals surface area contributed by atoms with Gasteiger partial charge in [-0.1, -0.05) is 23.7 Å². The second-order valence-corrected chi connectivity index (χ2v) is 4.11. The van der Waals surface area contributed by atoms with Crippen molar-refractivity contribution >= 4 is 11.6 Å². The van der Waals surface area contributed by atoms with Gasteiger partial charge in [0, 0.05) is 5.02 Å². The van der Waals surface area contributed by atoms with Crippen molar-refractivity contribution in [1.29, 1.82) is 0 Å². The highest BCUT2D eigenvalue weighted by Crippen LogP contribution is 2.23. The zero-order chi connectivity index (χ0) is 11.4. The molecular formula is C12H14ClN3. The molecule has 0 saturated heterocycles. The molecule has 16 heavy (non-hydrogen) atoms. The second kappa shape index (κ2) is 5.14. The van der Waals surface area contributed by atoms with Crippen LogP contribution < -0.4 is 5.73 Å². The molecule has 2 rings (SSSR count). The summed E-state index contributed by atoms with van der Waals surface area (Å²) in [7, 11) is 0. The molecule has 1 aromatic heterocycles. The number of hydrogen-bond acceptors (Lipinski definition) is 2. The molecule has 0 saturated carbocycles. The van der Waals surface area contributed by atoms with Gasteiger partial charge in [-0.2, -0.15) is 5.10 Å². The molecule has 0 atom stereocenters. The number of benzene rings is 1. The lowest BCUT2D eigenvalue weighted by molar-refractivity contribution is 0.834. The van der Waals surface area contributed by atoms with Gasteiger partial charge < -0.3 is 5.73 Å². The first-order chi connectivity index (χ1) is 7.81. The highest BCUT2D eigenvalue weighted by atomic mass is 35.5. The third-order valence-electron chi connectivity index (χ3n) is 2.50. The maximum Gasteiger partial charge on any atom is 0.0682 e. The highest BCUT2D eigenvalue weighted by molar-refractivity contribution is 6.30. The van der Waals surface area contributed by atoms with E-state index in [-0.39, 0.29) is 0 Å². The minimum atomic E-state index is 0.700. The molecule has 0 radical (unpaired) electrons. The Kier molecular flexibility index (Phi) is 3.59. The molecule has 84 valence electrons. The third-order valence-corrected chi connectivity index (χ3v) is 2.75. The van der Waals surface area contributed by atoms with Crippen molar-refractivity contribution < 1.29 is 0 Å². The summed E-state index contributed by atoms with van der Waals surface area (Å²) in [6, 6.07) is 7.73. The molecule has 4 heteroatoms.